The second-order valence-electron chi connectivity index (χ2n) is 8.87. The van der Waals surface area contributed by atoms with Gasteiger partial charge in [0.05, 0.1) is 22.9 Å². The summed E-state index contributed by atoms with van der Waals surface area (Å²) in [7, 11) is 0. The second-order valence-corrected chi connectivity index (χ2v) is 11.0. The molecule has 6 nitrogen and oxygen atoms in total. The first-order chi connectivity index (χ1) is 20.0. The van der Waals surface area contributed by atoms with Gasteiger partial charge < -0.3 is 9.72 Å². The second kappa shape index (κ2) is 12.1. The Balaban J connectivity index is 1.42. The average Bonchev–Trinajstić information content (AvgIpc) is 3.35. The predicted octanol–water partition coefficient (Wildman–Crippen LogP) is 9.02. The first kappa shape index (κ1) is 29.6. The lowest BCUT2D eigenvalue weighted by atomic mass is 10.0. The van der Waals surface area contributed by atoms with Crippen LogP contribution in [-0.2, 0) is 6.18 Å². The summed E-state index contributed by atoms with van der Waals surface area (Å²) in [5, 5.41) is 5.27. The molecule has 1 aromatic heterocycles. The third-order valence-electron chi connectivity index (χ3n) is 6.12. The fourth-order valence-electron chi connectivity index (χ4n) is 4.21. The molecular formula is C30H17Br2ClF3N3O3. The van der Waals surface area contributed by atoms with Gasteiger partial charge in [0.25, 0.3) is 5.91 Å². The molecule has 1 heterocycles. The van der Waals surface area contributed by atoms with Crippen molar-refractivity contribution in [1.82, 2.24) is 10.4 Å². The molecule has 5 aromatic rings. The van der Waals surface area contributed by atoms with Gasteiger partial charge in [-0.05, 0) is 64.5 Å². The molecule has 0 aliphatic heterocycles. The van der Waals surface area contributed by atoms with Crippen molar-refractivity contribution < 1.29 is 27.5 Å². The molecule has 5 rings (SSSR count). The van der Waals surface area contributed by atoms with E-state index in [1.165, 1.54) is 18.3 Å². The zero-order chi connectivity index (χ0) is 30.0. The van der Waals surface area contributed by atoms with Gasteiger partial charge in [-0.1, -0.05) is 63.9 Å². The van der Waals surface area contributed by atoms with E-state index >= 15 is 0 Å². The molecule has 0 atom stereocenters. The van der Waals surface area contributed by atoms with Crippen molar-refractivity contribution in [3.05, 3.63) is 121 Å². The van der Waals surface area contributed by atoms with Crippen LogP contribution in [-0.4, -0.2) is 23.1 Å². The maximum atomic E-state index is 13.3. The van der Waals surface area contributed by atoms with E-state index in [-0.39, 0.29) is 22.6 Å². The summed E-state index contributed by atoms with van der Waals surface area (Å²) in [6.45, 7) is 0. The number of fused-ring (bicyclic) bond motifs is 1. The molecular weight excluding hydrogens is 703 g/mol. The minimum Gasteiger partial charge on any atom is -0.422 e. The van der Waals surface area contributed by atoms with Gasteiger partial charge in [-0.15, -0.1) is 0 Å². The zero-order valence-corrected chi connectivity index (χ0v) is 25.0. The summed E-state index contributed by atoms with van der Waals surface area (Å²) in [6, 6.07) is 21.2. The maximum absolute atomic E-state index is 13.3. The first-order valence-corrected chi connectivity index (χ1v) is 14.1. The number of alkyl halides is 3. The number of amides is 1. The SMILES string of the molecule is O=C(Oc1ccc(Br)cc1C=NNC(=O)c1[nH]c2c(Br)cccc2c1-c1ccccc1Cl)c1cccc(C(F)(F)F)c1. The summed E-state index contributed by atoms with van der Waals surface area (Å²) in [6.07, 6.45) is -3.36. The molecule has 0 saturated heterocycles. The number of aromatic nitrogens is 1. The number of aromatic amines is 1. The standard InChI is InChI=1S/C30H17Br2ClF3N3O3/c31-19-11-12-24(42-29(41)16-5-3-6-18(13-16)30(34,35)36)17(14-19)15-37-39-28(40)27-25(20-7-1-2-10-23(20)33)21-8-4-9-22(32)26(21)38-27/h1-15,38H,(H,39,40). The topological polar surface area (TPSA) is 83.5 Å². The molecule has 42 heavy (non-hydrogen) atoms. The monoisotopic (exact) mass is 717 g/mol. The van der Waals surface area contributed by atoms with E-state index in [2.05, 4.69) is 47.4 Å². The Hall–Kier alpha value is -3.93. The van der Waals surface area contributed by atoms with Crippen LogP contribution < -0.4 is 10.2 Å². The van der Waals surface area contributed by atoms with Crippen LogP contribution in [0, 0.1) is 0 Å². The average molecular weight is 720 g/mol. The van der Waals surface area contributed by atoms with Crippen LogP contribution in [0.25, 0.3) is 22.0 Å². The maximum Gasteiger partial charge on any atom is 0.416 e. The Labute approximate surface area is 258 Å². The highest BCUT2D eigenvalue weighted by molar-refractivity contribution is 9.11. The summed E-state index contributed by atoms with van der Waals surface area (Å²) in [5.41, 5.74) is 3.64. The summed E-state index contributed by atoms with van der Waals surface area (Å²) in [4.78, 5) is 29.2. The number of halogens is 6. The van der Waals surface area contributed by atoms with Crippen LogP contribution in [0.5, 0.6) is 5.75 Å². The van der Waals surface area contributed by atoms with Gasteiger partial charge in [-0.3, -0.25) is 4.79 Å². The number of nitrogens with zero attached hydrogens (tertiary/aromatic N) is 1. The van der Waals surface area contributed by atoms with Crippen molar-refractivity contribution in [2.24, 2.45) is 5.10 Å². The number of hydrazone groups is 1. The number of benzene rings is 4. The molecule has 0 radical (unpaired) electrons. The number of esters is 1. The summed E-state index contributed by atoms with van der Waals surface area (Å²) < 4.78 is 46.0. The van der Waals surface area contributed by atoms with Crippen molar-refractivity contribution in [3.8, 4) is 16.9 Å². The minimum atomic E-state index is -4.61. The number of carbonyl (C=O) groups is 2. The van der Waals surface area contributed by atoms with Crippen molar-refractivity contribution >= 4 is 72.5 Å². The number of nitrogens with one attached hydrogen (secondary N) is 2. The molecule has 4 aromatic carbocycles. The van der Waals surface area contributed by atoms with Gasteiger partial charge in [0.1, 0.15) is 11.4 Å². The van der Waals surface area contributed by atoms with E-state index in [4.69, 9.17) is 16.3 Å². The van der Waals surface area contributed by atoms with Crippen LogP contribution >= 0.6 is 43.5 Å². The van der Waals surface area contributed by atoms with Gasteiger partial charge >= 0.3 is 12.1 Å². The molecule has 0 unspecified atom stereocenters. The third kappa shape index (κ3) is 6.28. The number of H-pyrrole nitrogens is 1. The highest BCUT2D eigenvalue weighted by atomic mass is 79.9. The lowest BCUT2D eigenvalue weighted by Gasteiger charge is -2.10. The van der Waals surface area contributed by atoms with Gasteiger partial charge in [0.15, 0.2) is 0 Å². The molecule has 0 aliphatic carbocycles. The van der Waals surface area contributed by atoms with E-state index in [9.17, 15) is 22.8 Å². The Morgan fingerprint density at radius 2 is 1.71 bits per heavy atom. The van der Waals surface area contributed by atoms with Crippen LogP contribution in [0.3, 0.4) is 0 Å². The minimum absolute atomic E-state index is 0.0184. The molecule has 2 N–H and O–H groups in total. The summed E-state index contributed by atoms with van der Waals surface area (Å²) >= 11 is 13.3. The van der Waals surface area contributed by atoms with E-state index in [0.717, 1.165) is 22.0 Å². The number of hydrogen-bond donors (Lipinski definition) is 2. The molecule has 212 valence electrons. The number of carbonyl (C=O) groups excluding carboxylic acids is 2. The molecule has 12 heteroatoms. The fraction of sp³-hybridized carbons (Fsp3) is 0.0333. The normalized spacial score (nSPS) is 11.7. The lowest BCUT2D eigenvalue weighted by Crippen LogP contribution is -2.19. The quantitative estimate of drug-likeness (QED) is 0.0796. The smallest absolute Gasteiger partial charge is 0.416 e. The number of ether oxygens (including phenoxy) is 1. The van der Waals surface area contributed by atoms with E-state index in [1.807, 2.05) is 24.3 Å². The number of para-hydroxylation sites is 1. The van der Waals surface area contributed by atoms with Crippen LogP contribution in [0.4, 0.5) is 13.2 Å². The molecule has 0 aliphatic rings. The van der Waals surface area contributed by atoms with E-state index in [1.54, 1.807) is 30.3 Å². The Bertz CT molecular complexity index is 1870. The molecule has 0 spiro atoms. The van der Waals surface area contributed by atoms with Crippen LogP contribution in [0.1, 0.15) is 32.0 Å². The van der Waals surface area contributed by atoms with Crippen molar-refractivity contribution in [1.29, 1.82) is 0 Å². The highest BCUT2D eigenvalue weighted by Crippen LogP contribution is 2.38. The lowest BCUT2D eigenvalue weighted by molar-refractivity contribution is -0.137. The predicted molar refractivity (Wildman–Crippen MR) is 162 cm³/mol. The highest BCUT2D eigenvalue weighted by Gasteiger charge is 2.31. The van der Waals surface area contributed by atoms with Crippen molar-refractivity contribution in [2.45, 2.75) is 6.18 Å². The van der Waals surface area contributed by atoms with Gasteiger partial charge in [-0.25, -0.2) is 10.2 Å². The molecule has 0 saturated carbocycles. The van der Waals surface area contributed by atoms with Crippen molar-refractivity contribution in [3.63, 3.8) is 0 Å². The van der Waals surface area contributed by atoms with Gasteiger partial charge in [0, 0.05) is 36.0 Å². The number of rotatable bonds is 6. The fourth-order valence-corrected chi connectivity index (χ4v) is 5.28. The van der Waals surface area contributed by atoms with Crippen molar-refractivity contribution in [2.75, 3.05) is 0 Å². The number of hydrogen-bond acceptors (Lipinski definition) is 4. The molecule has 0 bridgehead atoms. The van der Waals surface area contributed by atoms with Crippen LogP contribution in [0.15, 0.2) is 99.0 Å². The molecule has 1 amide bonds. The Kier molecular flexibility index (Phi) is 8.53. The Morgan fingerprint density at radius 3 is 2.48 bits per heavy atom. The zero-order valence-electron chi connectivity index (χ0n) is 21.1. The van der Waals surface area contributed by atoms with Crippen LogP contribution in [0.2, 0.25) is 5.02 Å². The third-order valence-corrected chi connectivity index (χ3v) is 7.61. The molecule has 0 fully saturated rings. The van der Waals surface area contributed by atoms with Gasteiger partial charge in [0.2, 0.25) is 0 Å². The summed E-state index contributed by atoms with van der Waals surface area (Å²) in [5.74, 6) is -1.54. The Morgan fingerprint density at radius 1 is 0.952 bits per heavy atom. The van der Waals surface area contributed by atoms with Gasteiger partial charge in [-0.2, -0.15) is 18.3 Å². The van der Waals surface area contributed by atoms with E-state index < -0.39 is 23.6 Å². The largest absolute Gasteiger partial charge is 0.422 e. The first-order valence-electron chi connectivity index (χ1n) is 12.1. The van der Waals surface area contributed by atoms with E-state index in [0.29, 0.717) is 32.2 Å².